The van der Waals surface area contributed by atoms with Gasteiger partial charge < -0.3 is 5.32 Å². The summed E-state index contributed by atoms with van der Waals surface area (Å²) in [6.45, 7) is 0. The smallest absolute Gasteiger partial charge is 0.145 e. The van der Waals surface area contributed by atoms with Gasteiger partial charge in [0, 0.05) is 10.7 Å². The van der Waals surface area contributed by atoms with Crippen molar-refractivity contribution in [3.8, 4) is 12.1 Å². The number of anilines is 1. The molecular weight excluding hydrogens is 296 g/mol. The molecule has 0 spiro atoms. The molecular formula is C10H4BrClFN3. The minimum absolute atomic E-state index is 0.128. The maximum Gasteiger partial charge on any atom is 0.145 e. The molecule has 0 aromatic heterocycles. The number of rotatable bonds is 2. The molecule has 0 unspecified atom stereocenters. The third kappa shape index (κ3) is 2.96. The van der Waals surface area contributed by atoms with Gasteiger partial charge in [0.15, 0.2) is 0 Å². The average molecular weight is 301 g/mol. The maximum absolute atomic E-state index is 13.0. The summed E-state index contributed by atoms with van der Waals surface area (Å²) in [5.41, 5.74) is 0.146. The lowest BCUT2D eigenvalue weighted by molar-refractivity contribution is 0.627. The van der Waals surface area contributed by atoms with Gasteiger partial charge in [-0.1, -0.05) is 11.6 Å². The molecule has 0 amide bonds. The molecule has 0 aliphatic rings. The monoisotopic (exact) mass is 299 g/mol. The van der Waals surface area contributed by atoms with Crippen LogP contribution in [0.4, 0.5) is 10.1 Å². The summed E-state index contributed by atoms with van der Waals surface area (Å²) in [5, 5.41) is 19.8. The van der Waals surface area contributed by atoms with Gasteiger partial charge >= 0.3 is 0 Å². The predicted molar refractivity (Wildman–Crippen MR) is 62.0 cm³/mol. The molecule has 0 aliphatic carbocycles. The van der Waals surface area contributed by atoms with Crippen molar-refractivity contribution in [3.05, 3.63) is 39.2 Å². The van der Waals surface area contributed by atoms with E-state index >= 15 is 0 Å². The summed E-state index contributed by atoms with van der Waals surface area (Å²) in [4.78, 5) is 0. The molecule has 0 aliphatic heterocycles. The lowest BCUT2D eigenvalue weighted by Gasteiger charge is -2.05. The zero-order valence-electron chi connectivity index (χ0n) is 7.76. The molecule has 3 nitrogen and oxygen atoms in total. The van der Waals surface area contributed by atoms with Gasteiger partial charge in [-0.05, 0) is 28.1 Å². The van der Waals surface area contributed by atoms with E-state index in [0.717, 1.165) is 12.3 Å². The molecule has 0 saturated heterocycles. The largest absolute Gasteiger partial charge is 0.358 e. The highest BCUT2D eigenvalue weighted by molar-refractivity contribution is 9.10. The zero-order chi connectivity index (χ0) is 12.1. The quantitative estimate of drug-likeness (QED) is 0.671. The molecule has 0 saturated carbocycles. The summed E-state index contributed by atoms with van der Waals surface area (Å²) in [6, 6.07) is 5.70. The van der Waals surface area contributed by atoms with Gasteiger partial charge in [0.05, 0.1) is 10.7 Å². The normalized spacial score (nSPS) is 8.81. The van der Waals surface area contributed by atoms with Crippen molar-refractivity contribution >= 4 is 33.2 Å². The number of nitriles is 2. The Labute approximate surface area is 105 Å². The fraction of sp³-hybridized carbons (Fsp3) is 0. The molecule has 16 heavy (non-hydrogen) atoms. The van der Waals surface area contributed by atoms with Crippen molar-refractivity contribution < 1.29 is 4.39 Å². The van der Waals surface area contributed by atoms with E-state index in [9.17, 15) is 4.39 Å². The van der Waals surface area contributed by atoms with E-state index in [1.807, 2.05) is 0 Å². The molecule has 1 rings (SSSR count). The van der Waals surface area contributed by atoms with Crippen LogP contribution in [-0.2, 0) is 0 Å². The average Bonchev–Trinajstić information content (AvgIpc) is 2.26. The number of benzene rings is 1. The molecule has 0 radical (unpaired) electrons. The number of nitrogens with one attached hydrogen (secondary N) is 1. The highest BCUT2D eigenvalue weighted by atomic mass is 79.9. The van der Waals surface area contributed by atoms with Crippen molar-refractivity contribution in [3.63, 3.8) is 0 Å². The van der Waals surface area contributed by atoms with Gasteiger partial charge in [0.2, 0.25) is 0 Å². The molecule has 0 heterocycles. The van der Waals surface area contributed by atoms with E-state index in [4.69, 9.17) is 22.1 Å². The van der Waals surface area contributed by atoms with Gasteiger partial charge in [0.25, 0.3) is 0 Å². The molecule has 80 valence electrons. The lowest BCUT2D eigenvalue weighted by Crippen LogP contribution is -1.92. The highest BCUT2D eigenvalue weighted by Gasteiger charge is 2.06. The number of halogens is 3. The summed E-state index contributed by atoms with van der Waals surface area (Å²) >= 11 is 8.94. The molecule has 0 fully saturated rings. The third-order valence-corrected chi connectivity index (χ3v) is 2.87. The van der Waals surface area contributed by atoms with Crippen molar-refractivity contribution in [1.82, 2.24) is 0 Å². The van der Waals surface area contributed by atoms with Crippen LogP contribution in [-0.4, -0.2) is 0 Å². The fourth-order valence-corrected chi connectivity index (χ4v) is 1.50. The molecule has 1 N–H and O–H groups in total. The van der Waals surface area contributed by atoms with Gasteiger partial charge in [-0.3, -0.25) is 0 Å². The molecule has 1 aromatic carbocycles. The topological polar surface area (TPSA) is 59.6 Å². The highest BCUT2D eigenvalue weighted by Crippen LogP contribution is 2.31. The Morgan fingerprint density at radius 1 is 1.44 bits per heavy atom. The standard InChI is InChI=1S/C10H4BrClFN3/c11-8-1-7(13)2-9(10(8)12)16-5-6(3-14)4-15/h1-2,5,16H. The Kier molecular flexibility index (Phi) is 4.30. The van der Waals surface area contributed by atoms with Crippen molar-refractivity contribution in [2.45, 2.75) is 0 Å². The Morgan fingerprint density at radius 2 is 2.06 bits per heavy atom. The number of hydrogen-bond acceptors (Lipinski definition) is 3. The Hall–Kier alpha value is -1.56. The molecule has 6 heteroatoms. The van der Waals surface area contributed by atoms with Crippen LogP contribution >= 0.6 is 27.5 Å². The first kappa shape index (κ1) is 12.5. The maximum atomic E-state index is 13.0. The zero-order valence-corrected chi connectivity index (χ0v) is 10.1. The van der Waals surface area contributed by atoms with Crippen molar-refractivity contribution in [2.24, 2.45) is 0 Å². The van der Waals surface area contributed by atoms with E-state index in [2.05, 4.69) is 21.2 Å². The molecule has 0 bridgehead atoms. The van der Waals surface area contributed by atoms with Crippen LogP contribution in [0.15, 0.2) is 28.4 Å². The predicted octanol–water partition coefficient (Wildman–Crippen LogP) is 3.58. The Balaban J connectivity index is 3.05. The first-order valence-electron chi connectivity index (χ1n) is 4.00. The van der Waals surface area contributed by atoms with Gasteiger partial charge in [0.1, 0.15) is 23.5 Å². The molecule has 0 atom stereocenters. The van der Waals surface area contributed by atoms with Gasteiger partial charge in [-0.25, -0.2) is 4.39 Å². The number of allylic oxidation sites excluding steroid dienone is 1. The van der Waals surface area contributed by atoms with Crippen molar-refractivity contribution in [2.75, 3.05) is 5.32 Å². The minimum Gasteiger partial charge on any atom is -0.358 e. The third-order valence-electron chi connectivity index (χ3n) is 1.61. The SMILES string of the molecule is N#CC(C#N)=CNc1cc(F)cc(Br)c1Cl. The van der Waals surface area contributed by atoms with E-state index in [1.165, 1.54) is 6.07 Å². The van der Waals surface area contributed by atoms with Crippen LogP contribution in [0, 0.1) is 28.5 Å². The van der Waals surface area contributed by atoms with Crippen LogP contribution in [0.2, 0.25) is 5.02 Å². The van der Waals surface area contributed by atoms with E-state index in [1.54, 1.807) is 12.1 Å². The van der Waals surface area contributed by atoms with E-state index < -0.39 is 5.82 Å². The first-order valence-corrected chi connectivity index (χ1v) is 5.17. The summed E-state index contributed by atoms with van der Waals surface area (Å²) in [6.07, 6.45) is 1.16. The van der Waals surface area contributed by atoms with E-state index in [0.29, 0.717) is 4.47 Å². The van der Waals surface area contributed by atoms with Crippen LogP contribution in [0.3, 0.4) is 0 Å². The second-order valence-corrected chi connectivity index (χ2v) is 3.91. The lowest BCUT2D eigenvalue weighted by atomic mass is 10.3. The second-order valence-electron chi connectivity index (χ2n) is 2.68. The summed E-state index contributed by atoms with van der Waals surface area (Å²) in [5.74, 6) is -0.484. The second kappa shape index (κ2) is 5.50. The molecule has 1 aromatic rings. The summed E-state index contributed by atoms with van der Waals surface area (Å²) in [7, 11) is 0. The van der Waals surface area contributed by atoms with Crippen LogP contribution in [0.1, 0.15) is 0 Å². The van der Waals surface area contributed by atoms with Crippen molar-refractivity contribution in [1.29, 1.82) is 10.5 Å². The van der Waals surface area contributed by atoms with E-state index in [-0.39, 0.29) is 16.3 Å². The Bertz CT molecular complexity index is 512. The minimum atomic E-state index is -0.484. The van der Waals surface area contributed by atoms with Gasteiger partial charge in [-0.15, -0.1) is 0 Å². The van der Waals surface area contributed by atoms with Crippen LogP contribution in [0.25, 0.3) is 0 Å². The Morgan fingerprint density at radius 3 is 2.62 bits per heavy atom. The first-order chi connectivity index (χ1) is 7.58. The number of nitrogens with zero attached hydrogens (tertiary/aromatic N) is 2. The van der Waals surface area contributed by atoms with Crippen LogP contribution < -0.4 is 5.32 Å². The van der Waals surface area contributed by atoms with Gasteiger partial charge in [-0.2, -0.15) is 10.5 Å². The number of hydrogen-bond donors (Lipinski definition) is 1. The van der Waals surface area contributed by atoms with Crippen LogP contribution in [0.5, 0.6) is 0 Å². The fourth-order valence-electron chi connectivity index (χ4n) is 0.900. The summed E-state index contributed by atoms with van der Waals surface area (Å²) < 4.78 is 13.4.